The van der Waals surface area contributed by atoms with E-state index in [0.717, 1.165) is 4.90 Å². The fourth-order valence-corrected chi connectivity index (χ4v) is 5.68. The number of carbonyl (C=O) groups is 9. The third-order valence-electron chi connectivity index (χ3n) is 7.75. The number of aliphatic carboxylic acids is 2. The molecule has 0 spiro atoms. The van der Waals surface area contributed by atoms with E-state index in [1.807, 2.05) is 0 Å². The van der Waals surface area contributed by atoms with Crippen LogP contribution in [0.3, 0.4) is 0 Å². The molecule has 7 amide bonds. The third-order valence-corrected chi connectivity index (χ3v) is 8.76. The summed E-state index contributed by atoms with van der Waals surface area (Å²) in [5.74, 6) is -7.86. The van der Waals surface area contributed by atoms with Crippen molar-refractivity contribution in [1.29, 1.82) is 0 Å². The molecule has 0 bridgehead atoms. The first-order valence-corrected chi connectivity index (χ1v) is 18.6. The number of thioether (sulfide) groups is 1. The van der Waals surface area contributed by atoms with Gasteiger partial charge in [0.25, 0.3) is 0 Å². The first-order chi connectivity index (χ1) is 24.6. The summed E-state index contributed by atoms with van der Waals surface area (Å²) in [6.45, 7) is 0.675. The minimum absolute atomic E-state index is 0.0402. The molecule has 6 atom stereocenters. The number of nitrogens with two attached hydrogens (primary N) is 2. The lowest BCUT2D eigenvalue weighted by Crippen LogP contribution is -2.59. The van der Waals surface area contributed by atoms with E-state index < -0.39 is 109 Å². The highest BCUT2D eigenvalue weighted by Gasteiger charge is 2.40. The summed E-state index contributed by atoms with van der Waals surface area (Å²) in [6.07, 6.45) is 2.70. The molecule has 0 aromatic heterocycles. The highest BCUT2D eigenvalue weighted by atomic mass is 32.2. The fourth-order valence-electron chi connectivity index (χ4n) is 4.95. The normalized spacial score (nSPS) is 16.6. The van der Waals surface area contributed by atoms with Gasteiger partial charge in [0.2, 0.25) is 41.4 Å². The zero-order chi connectivity index (χ0) is 39.4. The van der Waals surface area contributed by atoms with Gasteiger partial charge in [-0.1, -0.05) is 0 Å². The molecule has 0 radical (unpaired) electrons. The van der Waals surface area contributed by atoms with Gasteiger partial charge in [0.05, 0.1) is 25.6 Å². The average molecular weight is 778 g/mol. The Balaban J connectivity index is 2.99. The number of amides is 7. The van der Waals surface area contributed by atoms with E-state index in [1.54, 1.807) is 6.26 Å². The van der Waals surface area contributed by atoms with Gasteiger partial charge >= 0.3 is 11.9 Å². The predicted molar refractivity (Wildman–Crippen MR) is 192 cm³/mol. The van der Waals surface area contributed by atoms with Crippen molar-refractivity contribution < 1.29 is 53.4 Å². The predicted octanol–water partition coefficient (Wildman–Crippen LogP) is -4.13. The van der Waals surface area contributed by atoms with Crippen LogP contribution in [0.5, 0.6) is 0 Å². The number of rotatable bonds is 24. The molecule has 12 N–H and O–H groups in total. The summed E-state index contributed by atoms with van der Waals surface area (Å²) in [5.41, 5.74) is 10.9. The van der Waals surface area contributed by atoms with Crippen LogP contribution in [0.4, 0.5) is 0 Å². The Morgan fingerprint density at radius 1 is 0.827 bits per heavy atom. The number of nitrogens with one attached hydrogen (secondary N) is 6. The van der Waals surface area contributed by atoms with Gasteiger partial charge in [-0.05, 0) is 64.0 Å². The SMILES string of the molecule is CSCC[C@H](NC(=O)[C@@H]1CCCN1C(=O)[C@H](CC(=O)O)NC(=O)CNC(=O)CNC(=O)[C@H](C)N)C(=O)N[C@@H](CS)C(=O)N[C@@H](CCCCN)C(=O)O. The summed E-state index contributed by atoms with van der Waals surface area (Å²) in [5, 5.41) is 33.2. The van der Waals surface area contributed by atoms with Crippen LogP contribution >= 0.6 is 24.4 Å². The zero-order valence-electron chi connectivity index (χ0n) is 29.2. The second-order valence-electron chi connectivity index (χ2n) is 12.0. The Morgan fingerprint density at radius 2 is 1.46 bits per heavy atom. The van der Waals surface area contributed by atoms with E-state index in [-0.39, 0.29) is 31.6 Å². The molecule has 52 heavy (non-hydrogen) atoms. The van der Waals surface area contributed by atoms with Crippen molar-refractivity contribution in [2.45, 2.75) is 88.1 Å². The van der Waals surface area contributed by atoms with Gasteiger partial charge in [-0.15, -0.1) is 0 Å². The second kappa shape index (κ2) is 24.2. The van der Waals surface area contributed by atoms with Crippen molar-refractivity contribution in [3.63, 3.8) is 0 Å². The van der Waals surface area contributed by atoms with Crippen LogP contribution in [0.15, 0.2) is 0 Å². The molecule has 20 nitrogen and oxygen atoms in total. The molecule has 1 rings (SSSR count). The van der Waals surface area contributed by atoms with Crippen molar-refractivity contribution in [3.8, 4) is 0 Å². The van der Waals surface area contributed by atoms with Gasteiger partial charge in [0.1, 0.15) is 30.2 Å². The first-order valence-electron chi connectivity index (χ1n) is 16.6. The fraction of sp³-hybridized carbons (Fsp3) is 0.700. The quantitative estimate of drug-likeness (QED) is 0.0328. The van der Waals surface area contributed by atoms with Gasteiger partial charge in [-0.2, -0.15) is 24.4 Å². The summed E-state index contributed by atoms with van der Waals surface area (Å²) >= 11 is 5.51. The van der Waals surface area contributed by atoms with Crippen LogP contribution in [-0.4, -0.2) is 149 Å². The Bertz CT molecular complexity index is 1290. The first kappa shape index (κ1) is 45.9. The lowest BCUT2D eigenvalue weighted by atomic mass is 10.1. The molecular weight excluding hydrogens is 727 g/mol. The van der Waals surface area contributed by atoms with Crippen LogP contribution in [0.2, 0.25) is 0 Å². The van der Waals surface area contributed by atoms with Gasteiger partial charge in [-0.3, -0.25) is 38.4 Å². The van der Waals surface area contributed by atoms with Gasteiger partial charge in [0.15, 0.2) is 0 Å². The number of hydrogen-bond donors (Lipinski definition) is 11. The molecule has 1 aliphatic rings. The average Bonchev–Trinajstić information content (AvgIpc) is 3.59. The number of unbranched alkanes of at least 4 members (excludes halogenated alkanes) is 1. The van der Waals surface area contributed by atoms with Crippen molar-refractivity contribution >= 4 is 77.7 Å². The van der Waals surface area contributed by atoms with E-state index in [9.17, 15) is 53.4 Å². The van der Waals surface area contributed by atoms with Crippen molar-refractivity contribution in [3.05, 3.63) is 0 Å². The molecule has 1 saturated heterocycles. The van der Waals surface area contributed by atoms with E-state index >= 15 is 0 Å². The molecular formula is C30H51N9O11S2. The highest BCUT2D eigenvalue weighted by molar-refractivity contribution is 7.98. The Kier molecular flexibility index (Phi) is 21.3. The van der Waals surface area contributed by atoms with Crippen LogP contribution < -0.4 is 43.4 Å². The highest BCUT2D eigenvalue weighted by Crippen LogP contribution is 2.20. The molecule has 1 fully saturated rings. The van der Waals surface area contributed by atoms with E-state index in [1.165, 1.54) is 18.7 Å². The number of carboxylic acid groups (broad SMARTS) is 2. The van der Waals surface area contributed by atoms with Crippen LogP contribution in [-0.2, 0) is 43.2 Å². The second-order valence-corrected chi connectivity index (χ2v) is 13.3. The molecule has 0 unspecified atom stereocenters. The number of likely N-dealkylation sites (tertiary alicyclic amines) is 1. The van der Waals surface area contributed by atoms with Gasteiger partial charge in [-0.25, -0.2) is 4.79 Å². The molecule has 1 aliphatic heterocycles. The summed E-state index contributed by atoms with van der Waals surface area (Å²) in [7, 11) is 0. The van der Waals surface area contributed by atoms with E-state index in [2.05, 4.69) is 44.5 Å². The summed E-state index contributed by atoms with van der Waals surface area (Å²) in [6, 6.07) is -7.25. The summed E-state index contributed by atoms with van der Waals surface area (Å²) < 4.78 is 0. The minimum atomic E-state index is -1.61. The zero-order valence-corrected chi connectivity index (χ0v) is 30.9. The van der Waals surface area contributed by atoms with Crippen molar-refractivity contribution in [2.24, 2.45) is 11.5 Å². The number of carboxylic acids is 2. The van der Waals surface area contributed by atoms with Crippen molar-refractivity contribution in [2.75, 3.05) is 43.9 Å². The molecule has 0 aromatic carbocycles. The number of thiol groups is 1. The smallest absolute Gasteiger partial charge is 0.326 e. The molecule has 294 valence electrons. The van der Waals surface area contributed by atoms with Gasteiger partial charge < -0.3 is 58.5 Å². The van der Waals surface area contributed by atoms with Crippen LogP contribution in [0.25, 0.3) is 0 Å². The summed E-state index contributed by atoms with van der Waals surface area (Å²) in [4.78, 5) is 114. The van der Waals surface area contributed by atoms with E-state index in [0.29, 0.717) is 31.6 Å². The van der Waals surface area contributed by atoms with Crippen LogP contribution in [0.1, 0.15) is 51.9 Å². The molecule has 0 saturated carbocycles. The lowest BCUT2D eigenvalue weighted by Gasteiger charge is -2.30. The Labute approximate surface area is 310 Å². The molecule has 0 aliphatic carbocycles. The van der Waals surface area contributed by atoms with Gasteiger partial charge in [0, 0.05) is 12.3 Å². The Morgan fingerprint density at radius 3 is 2.04 bits per heavy atom. The largest absolute Gasteiger partial charge is 0.481 e. The van der Waals surface area contributed by atoms with Crippen molar-refractivity contribution in [1.82, 2.24) is 36.8 Å². The number of nitrogens with zero attached hydrogens (tertiary/aromatic N) is 1. The third kappa shape index (κ3) is 16.5. The number of carbonyl (C=O) groups excluding carboxylic acids is 7. The Hall–Kier alpha value is -4.15. The monoisotopic (exact) mass is 777 g/mol. The maximum Gasteiger partial charge on any atom is 0.326 e. The van der Waals surface area contributed by atoms with E-state index in [4.69, 9.17) is 11.5 Å². The molecule has 0 aromatic rings. The minimum Gasteiger partial charge on any atom is -0.481 e. The lowest BCUT2D eigenvalue weighted by molar-refractivity contribution is -0.146. The maximum absolute atomic E-state index is 13.5. The van der Waals surface area contributed by atoms with Crippen LogP contribution in [0, 0.1) is 0 Å². The molecule has 1 heterocycles. The standard InChI is InChI=1S/C30H51N9O11S2/c1-16(32)25(44)34-13-22(40)33-14-23(41)35-19(12-24(42)43)29(48)39-10-5-7-21(39)28(47)36-17(8-11-52-2)26(45)38-20(15-51)27(46)37-18(30(49)50)6-3-4-9-31/h16-21,51H,3-15,31-32H2,1-2H3,(H,33,40)(H,34,44)(H,35,41)(H,36,47)(H,37,46)(H,38,45)(H,42,43)(H,49,50)/t16-,17-,18-,19-,20-,21-/m0/s1. The number of hydrogen-bond acceptors (Lipinski definition) is 13. The maximum atomic E-state index is 13.5. The molecule has 22 heteroatoms. The topological polar surface area (TPSA) is 322 Å².